The molecule has 0 bridgehead atoms. The molecule has 0 spiro atoms. The number of fused-ring (bicyclic) bond motifs is 1. The van der Waals surface area contributed by atoms with Crippen LogP contribution in [0.15, 0.2) is 12.1 Å². The quantitative estimate of drug-likeness (QED) is 0.906. The van der Waals surface area contributed by atoms with Crippen molar-refractivity contribution in [3.63, 3.8) is 0 Å². The van der Waals surface area contributed by atoms with Gasteiger partial charge < -0.3 is 15.0 Å². The Morgan fingerprint density at radius 2 is 2.33 bits per heavy atom. The lowest BCUT2D eigenvalue weighted by molar-refractivity contribution is -0.122. The number of H-pyrrole nitrogens is 1. The third kappa shape index (κ3) is 3.08. The van der Waals surface area contributed by atoms with Crippen LogP contribution in [0.25, 0.3) is 11.0 Å². The topological polar surface area (TPSA) is 67.0 Å². The molecule has 0 radical (unpaired) electrons. The maximum absolute atomic E-state index is 11.9. The summed E-state index contributed by atoms with van der Waals surface area (Å²) in [6.07, 6.45) is 1.52. The normalized spacial score (nSPS) is 18.3. The van der Waals surface area contributed by atoms with Crippen molar-refractivity contribution in [2.24, 2.45) is 5.92 Å². The molecule has 5 heteroatoms. The monoisotopic (exact) mass is 287 g/mol. The standard InChI is InChI=1S/C16H21N3O2/c1-10-3-4-13-16(11(10)2)19-14(18-13)8-17-15(20)7-12-5-6-21-9-12/h3-4,12H,5-9H2,1-2H3,(H,17,20)(H,18,19)/t12-/m1/s1. The van der Waals surface area contributed by atoms with Gasteiger partial charge in [0.1, 0.15) is 5.82 Å². The van der Waals surface area contributed by atoms with Crippen molar-refractivity contribution >= 4 is 16.9 Å². The van der Waals surface area contributed by atoms with Crippen molar-refractivity contribution in [2.75, 3.05) is 13.2 Å². The molecule has 1 amide bonds. The summed E-state index contributed by atoms with van der Waals surface area (Å²) in [5.41, 5.74) is 4.42. The van der Waals surface area contributed by atoms with Crippen molar-refractivity contribution < 1.29 is 9.53 Å². The number of aryl methyl sites for hydroxylation is 2. The number of ether oxygens (including phenoxy) is 1. The van der Waals surface area contributed by atoms with Crippen LogP contribution < -0.4 is 5.32 Å². The fourth-order valence-electron chi connectivity index (χ4n) is 2.71. The van der Waals surface area contributed by atoms with E-state index in [1.807, 2.05) is 6.07 Å². The van der Waals surface area contributed by atoms with Gasteiger partial charge in [0.2, 0.25) is 5.91 Å². The Morgan fingerprint density at radius 3 is 3.10 bits per heavy atom. The average Bonchev–Trinajstić information content (AvgIpc) is 3.10. The van der Waals surface area contributed by atoms with Gasteiger partial charge in [-0.15, -0.1) is 0 Å². The molecule has 0 saturated carbocycles. The van der Waals surface area contributed by atoms with Crippen LogP contribution in [0, 0.1) is 19.8 Å². The fourth-order valence-corrected chi connectivity index (χ4v) is 2.71. The summed E-state index contributed by atoms with van der Waals surface area (Å²) in [6.45, 7) is 6.08. The van der Waals surface area contributed by atoms with Gasteiger partial charge in [0.15, 0.2) is 0 Å². The van der Waals surface area contributed by atoms with E-state index in [0.717, 1.165) is 29.9 Å². The smallest absolute Gasteiger partial charge is 0.220 e. The van der Waals surface area contributed by atoms with Gasteiger partial charge in [-0.3, -0.25) is 4.79 Å². The molecule has 1 aromatic heterocycles. The number of hydrogen-bond acceptors (Lipinski definition) is 3. The summed E-state index contributed by atoms with van der Waals surface area (Å²) in [4.78, 5) is 19.7. The van der Waals surface area contributed by atoms with Gasteiger partial charge in [0, 0.05) is 19.6 Å². The Balaban J connectivity index is 1.62. The van der Waals surface area contributed by atoms with E-state index in [9.17, 15) is 4.79 Å². The zero-order valence-corrected chi connectivity index (χ0v) is 12.5. The van der Waals surface area contributed by atoms with Crippen LogP contribution in [-0.2, 0) is 16.1 Å². The molecule has 1 fully saturated rings. The highest BCUT2D eigenvalue weighted by atomic mass is 16.5. The molecular weight excluding hydrogens is 266 g/mol. The molecule has 0 unspecified atom stereocenters. The molecule has 112 valence electrons. The molecule has 1 atom stereocenters. The Morgan fingerprint density at radius 1 is 1.48 bits per heavy atom. The van der Waals surface area contributed by atoms with Crippen molar-refractivity contribution in [2.45, 2.75) is 33.2 Å². The first-order valence-electron chi connectivity index (χ1n) is 7.42. The van der Waals surface area contributed by atoms with E-state index in [1.165, 1.54) is 11.1 Å². The van der Waals surface area contributed by atoms with Crippen LogP contribution in [0.4, 0.5) is 0 Å². The molecule has 21 heavy (non-hydrogen) atoms. The van der Waals surface area contributed by atoms with E-state index in [4.69, 9.17) is 4.74 Å². The minimum atomic E-state index is 0.0684. The third-order valence-electron chi connectivity index (χ3n) is 4.18. The molecule has 0 aliphatic carbocycles. The molecule has 1 aliphatic heterocycles. The molecule has 2 aromatic rings. The minimum absolute atomic E-state index is 0.0684. The van der Waals surface area contributed by atoms with Crippen LogP contribution >= 0.6 is 0 Å². The predicted molar refractivity (Wildman–Crippen MR) is 81.0 cm³/mol. The van der Waals surface area contributed by atoms with Crippen molar-refractivity contribution in [3.05, 3.63) is 29.1 Å². The predicted octanol–water partition coefficient (Wildman–Crippen LogP) is 2.22. The maximum atomic E-state index is 11.9. The molecule has 2 heterocycles. The second-order valence-electron chi connectivity index (χ2n) is 5.80. The van der Waals surface area contributed by atoms with E-state index in [0.29, 0.717) is 25.5 Å². The number of carbonyl (C=O) groups excluding carboxylic acids is 1. The molecule has 1 saturated heterocycles. The van der Waals surface area contributed by atoms with E-state index in [2.05, 4.69) is 35.2 Å². The van der Waals surface area contributed by atoms with E-state index >= 15 is 0 Å². The highest BCUT2D eigenvalue weighted by Gasteiger charge is 2.19. The van der Waals surface area contributed by atoms with Crippen molar-refractivity contribution in [1.29, 1.82) is 0 Å². The minimum Gasteiger partial charge on any atom is -0.381 e. The molecular formula is C16H21N3O2. The first-order valence-corrected chi connectivity index (χ1v) is 7.42. The Labute approximate surface area is 124 Å². The third-order valence-corrected chi connectivity index (χ3v) is 4.18. The van der Waals surface area contributed by atoms with Gasteiger partial charge in [0.05, 0.1) is 17.6 Å². The van der Waals surface area contributed by atoms with E-state index in [-0.39, 0.29) is 5.91 Å². The van der Waals surface area contributed by atoms with E-state index in [1.54, 1.807) is 0 Å². The number of aromatic amines is 1. The second-order valence-corrected chi connectivity index (χ2v) is 5.80. The van der Waals surface area contributed by atoms with Gasteiger partial charge in [-0.1, -0.05) is 6.07 Å². The number of nitrogens with zero attached hydrogens (tertiary/aromatic N) is 1. The molecule has 1 aromatic carbocycles. The molecule has 1 aliphatic rings. The van der Waals surface area contributed by atoms with E-state index < -0.39 is 0 Å². The van der Waals surface area contributed by atoms with Gasteiger partial charge in [0.25, 0.3) is 0 Å². The van der Waals surface area contributed by atoms with Crippen LogP contribution in [0.2, 0.25) is 0 Å². The lowest BCUT2D eigenvalue weighted by Crippen LogP contribution is -2.25. The first kappa shape index (κ1) is 14.1. The number of carbonyl (C=O) groups is 1. The molecule has 5 nitrogen and oxygen atoms in total. The Hall–Kier alpha value is -1.88. The highest BCUT2D eigenvalue weighted by molar-refractivity contribution is 5.80. The Kier molecular flexibility index (Phi) is 3.92. The summed E-state index contributed by atoms with van der Waals surface area (Å²) in [7, 11) is 0. The summed E-state index contributed by atoms with van der Waals surface area (Å²) >= 11 is 0. The zero-order valence-electron chi connectivity index (χ0n) is 12.5. The molecule has 3 rings (SSSR count). The summed E-state index contributed by atoms with van der Waals surface area (Å²) in [5, 5.41) is 2.93. The largest absolute Gasteiger partial charge is 0.381 e. The lowest BCUT2D eigenvalue weighted by atomic mass is 10.1. The summed E-state index contributed by atoms with van der Waals surface area (Å²) in [6, 6.07) is 4.12. The lowest BCUT2D eigenvalue weighted by Gasteiger charge is -2.07. The second kappa shape index (κ2) is 5.85. The van der Waals surface area contributed by atoms with Crippen LogP contribution in [0.5, 0.6) is 0 Å². The summed E-state index contributed by atoms with van der Waals surface area (Å²) < 4.78 is 5.29. The summed E-state index contributed by atoms with van der Waals surface area (Å²) in [5.74, 6) is 1.24. The number of nitrogens with one attached hydrogen (secondary N) is 2. The first-order chi connectivity index (χ1) is 10.1. The van der Waals surface area contributed by atoms with Gasteiger partial charge in [-0.25, -0.2) is 4.98 Å². The van der Waals surface area contributed by atoms with Crippen molar-refractivity contribution in [3.8, 4) is 0 Å². The molecule has 2 N–H and O–H groups in total. The highest BCUT2D eigenvalue weighted by Crippen LogP contribution is 2.19. The number of imidazole rings is 1. The maximum Gasteiger partial charge on any atom is 0.220 e. The van der Waals surface area contributed by atoms with Gasteiger partial charge in [-0.05, 0) is 43.4 Å². The number of benzene rings is 1. The van der Waals surface area contributed by atoms with Gasteiger partial charge >= 0.3 is 0 Å². The van der Waals surface area contributed by atoms with Crippen molar-refractivity contribution in [1.82, 2.24) is 15.3 Å². The average molecular weight is 287 g/mol. The zero-order chi connectivity index (χ0) is 14.8. The van der Waals surface area contributed by atoms with Crippen LogP contribution in [0.3, 0.4) is 0 Å². The number of rotatable bonds is 4. The SMILES string of the molecule is Cc1ccc2[nH]c(CNC(=O)C[C@H]3CCOC3)nc2c1C. The number of amides is 1. The van der Waals surface area contributed by atoms with Gasteiger partial charge in [-0.2, -0.15) is 0 Å². The fraction of sp³-hybridized carbons (Fsp3) is 0.500. The van der Waals surface area contributed by atoms with Crippen LogP contribution in [-0.4, -0.2) is 29.1 Å². The number of hydrogen-bond donors (Lipinski definition) is 2. The number of aromatic nitrogens is 2. The van der Waals surface area contributed by atoms with Crippen LogP contribution in [0.1, 0.15) is 29.8 Å². The Bertz CT molecular complexity index is 657.